The van der Waals surface area contributed by atoms with Crippen molar-refractivity contribution in [1.82, 2.24) is 15.0 Å². The molecule has 0 aliphatic carbocycles. The molecule has 0 saturated carbocycles. The molecule has 0 atom stereocenters. The fourth-order valence-corrected chi connectivity index (χ4v) is 1.04. The zero-order valence-corrected chi connectivity index (χ0v) is 9.18. The van der Waals surface area contributed by atoms with Crippen molar-refractivity contribution in [2.45, 2.75) is 6.54 Å². The summed E-state index contributed by atoms with van der Waals surface area (Å²) in [5.41, 5.74) is 7.93. The number of rotatable bonds is 7. The molecule has 1 heterocycles. The molecule has 0 aliphatic rings. The van der Waals surface area contributed by atoms with Gasteiger partial charge < -0.3 is 15.0 Å². The molecule has 0 radical (unpaired) electrons. The Kier molecular flexibility index (Phi) is 5.48. The van der Waals surface area contributed by atoms with Gasteiger partial charge in [-0.15, -0.1) is 0 Å². The van der Waals surface area contributed by atoms with Gasteiger partial charge in [-0.3, -0.25) is 9.63 Å². The summed E-state index contributed by atoms with van der Waals surface area (Å²) in [5, 5.41) is 0. The average Bonchev–Trinajstić information content (AvgIpc) is 2.73. The van der Waals surface area contributed by atoms with Crippen LogP contribution in [0.5, 0.6) is 0 Å². The number of aromatic nitrogens is 2. The van der Waals surface area contributed by atoms with Crippen LogP contribution in [0.2, 0.25) is 0 Å². The SMILES string of the molecule is COCCONC(=O)c1cn(CCN)cn1. The van der Waals surface area contributed by atoms with Gasteiger partial charge in [-0.2, -0.15) is 0 Å². The lowest BCUT2D eigenvalue weighted by molar-refractivity contribution is 0.00860. The van der Waals surface area contributed by atoms with E-state index in [0.29, 0.717) is 32.0 Å². The van der Waals surface area contributed by atoms with E-state index in [2.05, 4.69) is 10.5 Å². The minimum absolute atomic E-state index is 0.297. The second-order valence-electron chi connectivity index (χ2n) is 3.06. The molecule has 0 bridgehead atoms. The molecule has 0 aliphatic heterocycles. The first-order valence-corrected chi connectivity index (χ1v) is 4.91. The molecule has 7 heteroatoms. The van der Waals surface area contributed by atoms with Crippen LogP contribution < -0.4 is 11.2 Å². The van der Waals surface area contributed by atoms with Gasteiger partial charge in [0.25, 0.3) is 5.91 Å². The fraction of sp³-hybridized carbons (Fsp3) is 0.556. The van der Waals surface area contributed by atoms with E-state index in [1.165, 1.54) is 0 Å². The molecular formula is C9H16N4O3. The molecule has 1 amide bonds. The van der Waals surface area contributed by atoms with Crippen LogP contribution in [-0.4, -0.2) is 42.3 Å². The van der Waals surface area contributed by atoms with Crippen molar-refractivity contribution in [2.75, 3.05) is 26.9 Å². The van der Waals surface area contributed by atoms with E-state index in [9.17, 15) is 4.79 Å². The van der Waals surface area contributed by atoms with Crippen molar-refractivity contribution in [1.29, 1.82) is 0 Å². The summed E-state index contributed by atoms with van der Waals surface area (Å²) in [4.78, 5) is 20.2. The monoisotopic (exact) mass is 228 g/mol. The van der Waals surface area contributed by atoms with Crippen LogP contribution in [0.15, 0.2) is 12.5 Å². The standard InChI is InChI=1S/C9H16N4O3/c1-15-4-5-16-12-9(14)8-6-13(3-2-10)7-11-8/h6-7H,2-5,10H2,1H3,(H,12,14). The number of hydrogen-bond acceptors (Lipinski definition) is 5. The second kappa shape index (κ2) is 6.94. The Hall–Kier alpha value is -1.44. The predicted octanol–water partition coefficient (Wildman–Crippen LogP) is -0.850. The molecular weight excluding hydrogens is 212 g/mol. The van der Waals surface area contributed by atoms with Crippen LogP contribution in [0.1, 0.15) is 10.5 Å². The lowest BCUT2D eigenvalue weighted by Gasteiger charge is -2.02. The molecule has 1 rings (SSSR count). The second-order valence-corrected chi connectivity index (χ2v) is 3.06. The summed E-state index contributed by atoms with van der Waals surface area (Å²) in [5.74, 6) is -0.383. The first kappa shape index (κ1) is 12.6. The molecule has 0 fully saturated rings. The third kappa shape index (κ3) is 3.97. The maximum absolute atomic E-state index is 11.4. The van der Waals surface area contributed by atoms with Crippen molar-refractivity contribution in [3.8, 4) is 0 Å². The third-order valence-electron chi connectivity index (χ3n) is 1.81. The van der Waals surface area contributed by atoms with E-state index in [4.69, 9.17) is 15.3 Å². The Labute approximate surface area is 93.5 Å². The number of hydroxylamine groups is 1. The van der Waals surface area contributed by atoms with Gasteiger partial charge in [0.2, 0.25) is 0 Å². The van der Waals surface area contributed by atoms with Crippen LogP contribution in [-0.2, 0) is 16.1 Å². The number of carbonyl (C=O) groups excluding carboxylic acids is 1. The first-order valence-electron chi connectivity index (χ1n) is 4.91. The van der Waals surface area contributed by atoms with E-state index < -0.39 is 0 Å². The van der Waals surface area contributed by atoms with Gasteiger partial charge in [-0.05, 0) is 0 Å². The average molecular weight is 228 g/mol. The zero-order chi connectivity index (χ0) is 11.8. The molecule has 0 unspecified atom stereocenters. The number of ether oxygens (including phenoxy) is 1. The minimum Gasteiger partial charge on any atom is -0.382 e. The van der Waals surface area contributed by atoms with E-state index in [1.807, 2.05) is 0 Å². The van der Waals surface area contributed by atoms with E-state index in [-0.39, 0.29) is 5.91 Å². The number of nitrogens with zero attached hydrogens (tertiary/aromatic N) is 2. The Morgan fingerprint density at radius 3 is 3.12 bits per heavy atom. The molecule has 90 valence electrons. The largest absolute Gasteiger partial charge is 0.382 e. The molecule has 0 saturated heterocycles. The summed E-state index contributed by atoms with van der Waals surface area (Å²) in [6.07, 6.45) is 3.17. The number of nitrogens with one attached hydrogen (secondary N) is 1. The van der Waals surface area contributed by atoms with Gasteiger partial charge in [0.1, 0.15) is 5.69 Å². The Bertz CT molecular complexity index is 326. The molecule has 1 aromatic rings. The Balaban J connectivity index is 2.34. The highest BCUT2D eigenvalue weighted by Gasteiger charge is 2.08. The van der Waals surface area contributed by atoms with Gasteiger partial charge in [0.05, 0.1) is 19.5 Å². The highest BCUT2D eigenvalue weighted by molar-refractivity contribution is 5.91. The van der Waals surface area contributed by atoms with Crippen LogP contribution in [0.25, 0.3) is 0 Å². The minimum atomic E-state index is -0.383. The van der Waals surface area contributed by atoms with Gasteiger partial charge >= 0.3 is 0 Å². The normalized spacial score (nSPS) is 10.4. The first-order chi connectivity index (χ1) is 7.77. The van der Waals surface area contributed by atoms with Crippen LogP contribution in [0, 0.1) is 0 Å². The molecule has 0 aromatic carbocycles. The van der Waals surface area contributed by atoms with Gasteiger partial charge in [0.15, 0.2) is 0 Å². The van der Waals surface area contributed by atoms with Crippen molar-refractivity contribution >= 4 is 5.91 Å². The summed E-state index contributed by atoms with van der Waals surface area (Å²) in [6, 6.07) is 0. The van der Waals surface area contributed by atoms with Gasteiger partial charge in [-0.1, -0.05) is 0 Å². The Morgan fingerprint density at radius 2 is 2.44 bits per heavy atom. The van der Waals surface area contributed by atoms with Crippen molar-refractivity contribution < 1.29 is 14.4 Å². The van der Waals surface area contributed by atoms with Gasteiger partial charge in [0, 0.05) is 26.4 Å². The van der Waals surface area contributed by atoms with Crippen LogP contribution >= 0.6 is 0 Å². The van der Waals surface area contributed by atoms with Crippen molar-refractivity contribution in [3.05, 3.63) is 18.2 Å². The van der Waals surface area contributed by atoms with Crippen LogP contribution in [0.4, 0.5) is 0 Å². The topological polar surface area (TPSA) is 91.4 Å². The van der Waals surface area contributed by atoms with Crippen molar-refractivity contribution in [3.63, 3.8) is 0 Å². The molecule has 1 aromatic heterocycles. The third-order valence-corrected chi connectivity index (χ3v) is 1.81. The highest BCUT2D eigenvalue weighted by atomic mass is 16.7. The van der Waals surface area contributed by atoms with Crippen LogP contribution in [0.3, 0.4) is 0 Å². The molecule has 16 heavy (non-hydrogen) atoms. The molecule has 3 N–H and O–H groups in total. The fourth-order valence-electron chi connectivity index (χ4n) is 1.04. The summed E-state index contributed by atoms with van der Waals surface area (Å²) in [7, 11) is 1.56. The maximum Gasteiger partial charge on any atom is 0.295 e. The number of amides is 1. The quantitative estimate of drug-likeness (QED) is 0.468. The molecule has 0 spiro atoms. The zero-order valence-electron chi connectivity index (χ0n) is 9.18. The lowest BCUT2D eigenvalue weighted by atomic mass is 10.4. The van der Waals surface area contributed by atoms with Gasteiger partial charge in [-0.25, -0.2) is 10.5 Å². The summed E-state index contributed by atoms with van der Waals surface area (Å²) in [6.45, 7) is 1.85. The number of nitrogens with two attached hydrogens (primary N) is 1. The Morgan fingerprint density at radius 1 is 1.62 bits per heavy atom. The highest BCUT2D eigenvalue weighted by Crippen LogP contribution is 1.95. The summed E-state index contributed by atoms with van der Waals surface area (Å²) >= 11 is 0. The number of hydrogen-bond donors (Lipinski definition) is 2. The van der Waals surface area contributed by atoms with E-state index in [1.54, 1.807) is 24.2 Å². The smallest absolute Gasteiger partial charge is 0.295 e. The number of methoxy groups -OCH3 is 1. The van der Waals surface area contributed by atoms with E-state index >= 15 is 0 Å². The summed E-state index contributed by atoms with van der Waals surface area (Å²) < 4.78 is 6.50. The number of imidazole rings is 1. The predicted molar refractivity (Wildman–Crippen MR) is 56.6 cm³/mol. The number of carbonyl (C=O) groups is 1. The van der Waals surface area contributed by atoms with Crippen molar-refractivity contribution in [2.24, 2.45) is 5.73 Å². The molecule has 7 nitrogen and oxygen atoms in total. The maximum atomic E-state index is 11.4. The van der Waals surface area contributed by atoms with E-state index in [0.717, 1.165) is 0 Å². The lowest BCUT2D eigenvalue weighted by Crippen LogP contribution is -2.25.